The summed E-state index contributed by atoms with van der Waals surface area (Å²) in [7, 11) is 0. The zero-order valence-corrected chi connectivity index (χ0v) is 26.1. The molecule has 6 aromatic carbocycles. The van der Waals surface area contributed by atoms with E-state index >= 15 is 0 Å². The van der Waals surface area contributed by atoms with Crippen molar-refractivity contribution in [2.75, 3.05) is 0 Å². The molecule has 0 aliphatic carbocycles. The van der Waals surface area contributed by atoms with E-state index in [2.05, 4.69) is 97.1 Å². The normalized spacial score (nSPS) is 10.9. The molecule has 0 saturated heterocycles. The van der Waals surface area contributed by atoms with Crippen molar-refractivity contribution < 1.29 is 0 Å². The predicted molar refractivity (Wildman–Crippen MR) is 196 cm³/mol. The molecule has 48 heavy (non-hydrogen) atoms. The maximum Gasteiger partial charge on any atom is 0.159 e. The average Bonchev–Trinajstić information content (AvgIpc) is 3.19. The summed E-state index contributed by atoms with van der Waals surface area (Å²) >= 11 is 0. The third kappa shape index (κ3) is 5.68. The van der Waals surface area contributed by atoms with Crippen LogP contribution in [0.5, 0.6) is 0 Å². The highest BCUT2D eigenvalue weighted by atomic mass is 14.9. The largest absolute Gasteiger partial charge is 0.236 e. The second-order valence-electron chi connectivity index (χ2n) is 11.5. The topological polar surface area (TPSA) is 51.6 Å². The zero-order chi connectivity index (χ0) is 32.1. The van der Waals surface area contributed by atoms with Crippen molar-refractivity contribution in [3.63, 3.8) is 0 Å². The minimum absolute atomic E-state index is 0.658. The van der Waals surface area contributed by atoms with Crippen molar-refractivity contribution in [3.8, 4) is 78.7 Å². The molecule has 4 nitrogen and oxygen atoms in total. The molecule has 0 unspecified atom stereocenters. The van der Waals surface area contributed by atoms with E-state index in [0.717, 1.165) is 67.0 Å². The van der Waals surface area contributed by atoms with Gasteiger partial charge in [0.15, 0.2) is 11.6 Å². The molecule has 226 valence electrons. The summed E-state index contributed by atoms with van der Waals surface area (Å²) in [6.45, 7) is 0. The van der Waals surface area contributed by atoms with Gasteiger partial charge in [-0.2, -0.15) is 0 Å². The van der Waals surface area contributed by atoms with E-state index in [0.29, 0.717) is 11.6 Å². The lowest BCUT2D eigenvalue weighted by molar-refractivity contribution is 1.15. The molecule has 0 spiro atoms. The monoisotopic (exact) mass is 614 g/mol. The fraction of sp³-hybridized carbons (Fsp3) is 0. The van der Waals surface area contributed by atoms with Crippen molar-refractivity contribution in [1.29, 1.82) is 0 Å². The molecule has 8 aromatic rings. The first-order valence-electron chi connectivity index (χ1n) is 16.0. The average molecular weight is 615 g/mol. The lowest BCUT2D eigenvalue weighted by Crippen LogP contribution is -2.02. The van der Waals surface area contributed by atoms with Crippen LogP contribution in [0.3, 0.4) is 0 Å². The molecule has 0 radical (unpaired) electrons. The van der Waals surface area contributed by atoms with Crippen molar-refractivity contribution >= 4 is 0 Å². The molecule has 0 saturated carbocycles. The summed E-state index contributed by atoms with van der Waals surface area (Å²) in [5.41, 5.74) is 11.7. The lowest BCUT2D eigenvalue weighted by Gasteiger charge is -2.18. The number of hydrogen-bond acceptors (Lipinski definition) is 4. The Bertz CT molecular complexity index is 2150. The molecule has 2 heterocycles. The van der Waals surface area contributed by atoms with E-state index in [4.69, 9.17) is 19.9 Å². The Morgan fingerprint density at radius 2 is 0.542 bits per heavy atom. The SMILES string of the molecule is c1ccc(-c2ncc(-c3cnc(-c4ccccc4)nc3-c3ccccc3-c3ccccc3)c(-c3ccccc3-c3ccccc3)n2)cc1. The highest BCUT2D eigenvalue weighted by molar-refractivity contribution is 5.96. The number of hydrogen-bond donors (Lipinski definition) is 0. The maximum absolute atomic E-state index is 5.31. The van der Waals surface area contributed by atoms with Crippen LogP contribution >= 0.6 is 0 Å². The van der Waals surface area contributed by atoms with Gasteiger partial charge in [0.1, 0.15) is 0 Å². The molecule has 4 heteroatoms. The van der Waals surface area contributed by atoms with E-state index in [1.165, 1.54) is 0 Å². The summed E-state index contributed by atoms with van der Waals surface area (Å²) in [4.78, 5) is 20.5. The van der Waals surface area contributed by atoms with E-state index < -0.39 is 0 Å². The van der Waals surface area contributed by atoms with Gasteiger partial charge < -0.3 is 0 Å². The molecule has 0 bridgehead atoms. The molecule has 8 rings (SSSR count). The van der Waals surface area contributed by atoms with Gasteiger partial charge in [0.25, 0.3) is 0 Å². The number of benzene rings is 6. The van der Waals surface area contributed by atoms with Gasteiger partial charge in [-0.15, -0.1) is 0 Å². The Hall–Kier alpha value is -6.52. The van der Waals surface area contributed by atoms with Gasteiger partial charge in [0, 0.05) is 45.8 Å². The fourth-order valence-electron chi connectivity index (χ4n) is 6.14. The molecule has 0 N–H and O–H groups in total. The van der Waals surface area contributed by atoms with Gasteiger partial charge in [-0.25, -0.2) is 19.9 Å². The smallest absolute Gasteiger partial charge is 0.159 e. The van der Waals surface area contributed by atoms with Crippen molar-refractivity contribution in [2.24, 2.45) is 0 Å². The Balaban J connectivity index is 1.42. The van der Waals surface area contributed by atoms with Crippen LogP contribution in [-0.4, -0.2) is 19.9 Å². The Labute approximate surface area is 280 Å². The minimum atomic E-state index is 0.658. The standard InChI is InChI=1S/C44H30N4/c1-5-17-31(18-6-1)35-25-13-15-27-37(35)41-39(29-45-43(47-41)33-21-9-3-10-22-33)40-30-46-44(34-23-11-4-12-24-34)48-42(40)38-28-16-14-26-36(38)32-19-7-2-8-20-32/h1-30H. The van der Waals surface area contributed by atoms with Crippen molar-refractivity contribution in [3.05, 3.63) is 182 Å². The number of aromatic nitrogens is 4. The summed E-state index contributed by atoms with van der Waals surface area (Å²) in [6, 6.07) is 58.0. The van der Waals surface area contributed by atoms with Crippen LogP contribution in [0, 0.1) is 0 Å². The lowest BCUT2D eigenvalue weighted by atomic mass is 9.90. The van der Waals surface area contributed by atoms with Gasteiger partial charge in [-0.05, 0) is 22.3 Å². The molecule has 0 amide bonds. The van der Waals surface area contributed by atoms with Gasteiger partial charge in [0.2, 0.25) is 0 Å². The highest BCUT2D eigenvalue weighted by Gasteiger charge is 2.22. The first kappa shape index (κ1) is 28.9. The van der Waals surface area contributed by atoms with Crippen LogP contribution in [0.1, 0.15) is 0 Å². The molecule has 0 aliphatic heterocycles. The van der Waals surface area contributed by atoms with Gasteiger partial charge in [-0.1, -0.05) is 170 Å². The molecule has 2 aromatic heterocycles. The Morgan fingerprint density at radius 1 is 0.250 bits per heavy atom. The van der Waals surface area contributed by atoms with Crippen LogP contribution in [0.15, 0.2) is 182 Å². The molecular weight excluding hydrogens is 585 g/mol. The summed E-state index contributed by atoms with van der Waals surface area (Å²) in [6.07, 6.45) is 3.86. The second kappa shape index (κ2) is 13.1. The van der Waals surface area contributed by atoms with E-state index in [1.807, 2.05) is 85.2 Å². The van der Waals surface area contributed by atoms with Crippen LogP contribution < -0.4 is 0 Å². The Morgan fingerprint density at radius 3 is 0.896 bits per heavy atom. The van der Waals surface area contributed by atoms with E-state index in [-0.39, 0.29) is 0 Å². The van der Waals surface area contributed by atoms with Crippen LogP contribution in [0.25, 0.3) is 78.7 Å². The van der Waals surface area contributed by atoms with Crippen molar-refractivity contribution in [2.45, 2.75) is 0 Å². The first-order chi connectivity index (χ1) is 23.8. The minimum Gasteiger partial charge on any atom is -0.236 e. The van der Waals surface area contributed by atoms with Crippen LogP contribution in [0.2, 0.25) is 0 Å². The van der Waals surface area contributed by atoms with Crippen molar-refractivity contribution in [1.82, 2.24) is 19.9 Å². The van der Waals surface area contributed by atoms with E-state index in [9.17, 15) is 0 Å². The summed E-state index contributed by atoms with van der Waals surface area (Å²) < 4.78 is 0. The van der Waals surface area contributed by atoms with Gasteiger partial charge in [0.05, 0.1) is 11.4 Å². The predicted octanol–water partition coefficient (Wildman–Crippen LogP) is 10.9. The Kier molecular flexibility index (Phi) is 7.87. The van der Waals surface area contributed by atoms with Crippen LogP contribution in [-0.2, 0) is 0 Å². The number of rotatable bonds is 7. The number of nitrogens with zero attached hydrogens (tertiary/aromatic N) is 4. The summed E-state index contributed by atoms with van der Waals surface area (Å²) in [5.74, 6) is 1.32. The zero-order valence-electron chi connectivity index (χ0n) is 26.1. The van der Waals surface area contributed by atoms with Gasteiger partial charge in [-0.3, -0.25) is 0 Å². The fourth-order valence-corrected chi connectivity index (χ4v) is 6.14. The third-order valence-corrected chi connectivity index (χ3v) is 8.47. The second-order valence-corrected chi connectivity index (χ2v) is 11.5. The van der Waals surface area contributed by atoms with E-state index in [1.54, 1.807) is 0 Å². The first-order valence-corrected chi connectivity index (χ1v) is 16.0. The molecule has 0 fully saturated rings. The van der Waals surface area contributed by atoms with Crippen LogP contribution in [0.4, 0.5) is 0 Å². The summed E-state index contributed by atoms with van der Waals surface area (Å²) in [5, 5.41) is 0. The molecular formula is C44H30N4. The maximum atomic E-state index is 5.31. The molecule has 0 aliphatic rings. The molecule has 0 atom stereocenters. The third-order valence-electron chi connectivity index (χ3n) is 8.47. The highest BCUT2D eigenvalue weighted by Crippen LogP contribution is 2.42. The quantitative estimate of drug-likeness (QED) is 0.179. The van der Waals surface area contributed by atoms with Gasteiger partial charge >= 0.3 is 0 Å².